The maximum Gasteiger partial charge on any atom is 0.232 e. The Bertz CT molecular complexity index is 200. The van der Waals surface area contributed by atoms with Gasteiger partial charge in [0.2, 0.25) is 5.91 Å². The molecular weight excluding hydrogens is 196 g/mol. The van der Waals surface area contributed by atoms with Crippen molar-refractivity contribution >= 4 is 17.7 Å². The summed E-state index contributed by atoms with van der Waals surface area (Å²) < 4.78 is 0. The lowest BCUT2D eigenvalue weighted by molar-refractivity contribution is -0.128. The van der Waals surface area contributed by atoms with E-state index in [2.05, 4.69) is 10.2 Å². The van der Waals surface area contributed by atoms with Gasteiger partial charge in [0, 0.05) is 19.1 Å². The monoisotopic (exact) mass is 214 g/mol. The van der Waals surface area contributed by atoms with Crippen LogP contribution in [0.25, 0.3) is 0 Å². The molecule has 3 heterocycles. The second-order valence-corrected chi connectivity index (χ2v) is 5.15. The Morgan fingerprint density at radius 3 is 3.00 bits per heavy atom. The van der Waals surface area contributed by atoms with Gasteiger partial charge in [-0.05, 0) is 31.6 Å². The lowest BCUT2D eigenvalue weighted by Crippen LogP contribution is -2.41. The molecule has 1 N–H and O–H groups in total. The molecule has 3 saturated heterocycles. The van der Waals surface area contributed by atoms with E-state index in [1.165, 1.54) is 12.8 Å². The highest BCUT2D eigenvalue weighted by atomic mass is 32.2. The molecule has 3 aliphatic heterocycles. The van der Waals surface area contributed by atoms with Crippen LogP contribution in [0.1, 0.15) is 12.8 Å². The van der Waals surface area contributed by atoms with Crippen LogP contribution in [0.15, 0.2) is 0 Å². The molecule has 14 heavy (non-hydrogen) atoms. The van der Waals surface area contributed by atoms with Gasteiger partial charge in [-0.15, -0.1) is 0 Å². The van der Waals surface area contributed by atoms with Crippen LogP contribution < -0.4 is 5.32 Å². The number of rotatable bonds is 2. The van der Waals surface area contributed by atoms with E-state index < -0.39 is 0 Å². The quantitative estimate of drug-likeness (QED) is 0.729. The van der Waals surface area contributed by atoms with Gasteiger partial charge in [0.05, 0.1) is 5.75 Å². The predicted molar refractivity (Wildman–Crippen MR) is 59.5 cm³/mol. The van der Waals surface area contributed by atoms with Crippen LogP contribution in [0.4, 0.5) is 0 Å². The number of hydrogen-bond acceptors (Lipinski definition) is 3. The van der Waals surface area contributed by atoms with Gasteiger partial charge in [-0.3, -0.25) is 4.79 Å². The minimum absolute atomic E-state index is 0.318. The molecule has 0 spiro atoms. The number of amides is 1. The van der Waals surface area contributed by atoms with Crippen LogP contribution in [-0.4, -0.2) is 48.5 Å². The zero-order valence-electron chi connectivity index (χ0n) is 8.66. The van der Waals surface area contributed by atoms with Crippen molar-refractivity contribution < 1.29 is 4.79 Å². The van der Waals surface area contributed by atoms with Crippen molar-refractivity contribution in [3.05, 3.63) is 0 Å². The molecule has 2 atom stereocenters. The summed E-state index contributed by atoms with van der Waals surface area (Å²) in [6.45, 7) is 3.01. The van der Waals surface area contributed by atoms with Gasteiger partial charge < -0.3 is 10.2 Å². The van der Waals surface area contributed by atoms with E-state index in [9.17, 15) is 4.79 Å². The first kappa shape index (κ1) is 10.3. The first-order valence-electron chi connectivity index (χ1n) is 5.29. The Balaban J connectivity index is 1.96. The number of carbonyl (C=O) groups is 1. The first-order chi connectivity index (χ1) is 6.79. The normalized spacial score (nSPS) is 31.6. The summed E-state index contributed by atoms with van der Waals surface area (Å²) in [5.41, 5.74) is 0. The van der Waals surface area contributed by atoms with E-state index in [1.807, 2.05) is 6.26 Å². The minimum Gasteiger partial charge on any atom is -0.340 e. The van der Waals surface area contributed by atoms with Gasteiger partial charge in [0.1, 0.15) is 0 Å². The summed E-state index contributed by atoms with van der Waals surface area (Å²) in [4.78, 5) is 13.8. The van der Waals surface area contributed by atoms with Crippen molar-refractivity contribution in [3.8, 4) is 0 Å². The van der Waals surface area contributed by atoms with Crippen molar-refractivity contribution in [1.29, 1.82) is 0 Å². The van der Waals surface area contributed by atoms with Crippen LogP contribution in [0.5, 0.6) is 0 Å². The molecule has 3 fully saturated rings. The molecule has 0 aromatic heterocycles. The van der Waals surface area contributed by atoms with Crippen molar-refractivity contribution in [3.63, 3.8) is 0 Å². The molecule has 3 aliphatic rings. The zero-order chi connectivity index (χ0) is 9.97. The Morgan fingerprint density at radius 2 is 2.36 bits per heavy atom. The zero-order valence-corrected chi connectivity index (χ0v) is 9.48. The van der Waals surface area contributed by atoms with E-state index in [0.717, 1.165) is 19.6 Å². The third kappa shape index (κ3) is 2.23. The first-order valence-corrected chi connectivity index (χ1v) is 6.69. The number of hydrogen-bond donors (Lipinski definition) is 1. The summed E-state index contributed by atoms with van der Waals surface area (Å²) in [6.07, 6.45) is 4.52. The fraction of sp³-hybridized carbons (Fsp3) is 0.900. The maximum atomic E-state index is 11.7. The summed E-state index contributed by atoms with van der Waals surface area (Å²) >= 11 is 1.62. The molecular formula is C10H18N2OS. The van der Waals surface area contributed by atoms with Crippen molar-refractivity contribution in [1.82, 2.24) is 10.2 Å². The molecule has 0 unspecified atom stereocenters. The highest BCUT2D eigenvalue weighted by Crippen LogP contribution is 2.21. The van der Waals surface area contributed by atoms with Gasteiger partial charge in [0.25, 0.3) is 0 Å². The molecule has 3 nitrogen and oxygen atoms in total. The van der Waals surface area contributed by atoms with E-state index in [1.54, 1.807) is 11.8 Å². The van der Waals surface area contributed by atoms with Gasteiger partial charge in [-0.1, -0.05) is 0 Å². The lowest BCUT2D eigenvalue weighted by Gasteiger charge is -2.23. The van der Waals surface area contributed by atoms with Crippen LogP contribution in [-0.2, 0) is 4.79 Å². The van der Waals surface area contributed by atoms with Crippen LogP contribution in [0.3, 0.4) is 0 Å². The SMILES string of the molecule is CSCC(=O)N1C[C@H]2CC[C@@H](C1)NC2. The van der Waals surface area contributed by atoms with E-state index in [0.29, 0.717) is 23.6 Å². The summed E-state index contributed by atoms with van der Waals surface area (Å²) in [6, 6.07) is 0.555. The van der Waals surface area contributed by atoms with Crippen molar-refractivity contribution in [2.45, 2.75) is 18.9 Å². The third-order valence-electron chi connectivity index (χ3n) is 3.16. The molecule has 0 aliphatic carbocycles. The standard InChI is InChI=1S/C10H18N2OS/c1-14-7-10(13)12-5-8-2-3-9(6-12)11-4-8/h8-9,11H,2-7H2,1H3/t8-,9-/m0/s1. The van der Waals surface area contributed by atoms with Crippen LogP contribution in [0.2, 0.25) is 0 Å². The average molecular weight is 214 g/mol. The number of thioether (sulfide) groups is 1. The fourth-order valence-electron chi connectivity index (χ4n) is 2.36. The number of piperidine rings is 1. The molecule has 0 aromatic carbocycles. The number of fused-ring (bicyclic) bond motifs is 4. The topological polar surface area (TPSA) is 32.3 Å². The number of carbonyl (C=O) groups excluding carboxylic acids is 1. The van der Waals surface area contributed by atoms with E-state index in [4.69, 9.17) is 0 Å². The summed E-state index contributed by atoms with van der Waals surface area (Å²) in [5, 5.41) is 3.51. The molecule has 4 heteroatoms. The lowest BCUT2D eigenvalue weighted by atomic mass is 9.97. The van der Waals surface area contributed by atoms with Gasteiger partial charge in [-0.25, -0.2) is 0 Å². The fourth-order valence-corrected chi connectivity index (χ4v) is 2.79. The van der Waals surface area contributed by atoms with Gasteiger partial charge in [-0.2, -0.15) is 11.8 Å². The second kappa shape index (κ2) is 4.53. The molecule has 1 amide bonds. The van der Waals surface area contributed by atoms with Crippen LogP contribution in [0, 0.1) is 5.92 Å². The molecule has 3 rings (SSSR count). The van der Waals surface area contributed by atoms with E-state index in [-0.39, 0.29) is 0 Å². The Morgan fingerprint density at radius 1 is 1.50 bits per heavy atom. The van der Waals surface area contributed by atoms with Gasteiger partial charge in [0.15, 0.2) is 0 Å². The highest BCUT2D eigenvalue weighted by Gasteiger charge is 2.30. The van der Waals surface area contributed by atoms with E-state index >= 15 is 0 Å². The molecule has 2 bridgehead atoms. The van der Waals surface area contributed by atoms with Gasteiger partial charge >= 0.3 is 0 Å². The van der Waals surface area contributed by atoms with Crippen LogP contribution >= 0.6 is 11.8 Å². The smallest absolute Gasteiger partial charge is 0.232 e. The Labute approximate surface area is 89.6 Å². The largest absolute Gasteiger partial charge is 0.340 e. The third-order valence-corrected chi connectivity index (χ3v) is 3.69. The minimum atomic E-state index is 0.318. The van der Waals surface area contributed by atoms with Crippen molar-refractivity contribution in [2.75, 3.05) is 31.6 Å². The molecule has 0 aromatic rings. The summed E-state index contributed by atoms with van der Waals surface area (Å²) in [7, 11) is 0. The average Bonchev–Trinajstić information content (AvgIpc) is 2.50. The predicted octanol–water partition coefficient (Wildman–Crippen LogP) is 0.560. The van der Waals surface area contributed by atoms with Crippen molar-refractivity contribution in [2.24, 2.45) is 5.92 Å². The Kier molecular flexibility index (Phi) is 3.34. The summed E-state index contributed by atoms with van der Waals surface area (Å²) in [5.74, 6) is 1.65. The second-order valence-electron chi connectivity index (χ2n) is 4.28. The number of nitrogens with one attached hydrogen (secondary N) is 1. The molecule has 0 saturated carbocycles. The maximum absolute atomic E-state index is 11.7. The number of nitrogens with zero attached hydrogens (tertiary/aromatic N) is 1. The Hall–Kier alpha value is -0.220. The highest BCUT2D eigenvalue weighted by molar-refractivity contribution is 7.99. The molecule has 0 radical (unpaired) electrons. The molecule has 80 valence electrons.